The molecule has 1 saturated heterocycles. The smallest absolute Gasteiger partial charge is 0.249 e. The summed E-state index contributed by atoms with van der Waals surface area (Å²) in [7, 11) is 0. The van der Waals surface area contributed by atoms with Crippen LogP contribution in [0.5, 0.6) is 0 Å². The monoisotopic (exact) mass is 331 g/mol. The molecule has 0 bridgehead atoms. The highest BCUT2D eigenvalue weighted by molar-refractivity contribution is 7.14. The number of aromatic nitrogens is 1. The lowest BCUT2D eigenvalue weighted by Crippen LogP contribution is -2.26. The van der Waals surface area contributed by atoms with Crippen molar-refractivity contribution in [1.82, 2.24) is 10.5 Å². The Kier molecular flexibility index (Phi) is 4.99. The van der Waals surface area contributed by atoms with Crippen molar-refractivity contribution in [1.29, 1.82) is 0 Å². The summed E-state index contributed by atoms with van der Waals surface area (Å²) in [5, 5.41) is 2.47. The van der Waals surface area contributed by atoms with Crippen LogP contribution in [-0.4, -0.2) is 23.3 Å². The molecule has 0 aliphatic carbocycles. The van der Waals surface area contributed by atoms with E-state index in [1.807, 2.05) is 30.3 Å². The first-order valence-corrected chi connectivity index (χ1v) is 8.29. The van der Waals surface area contributed by atoms with Crippen LogP contribution in [0.15, 0.2) is 35.7 Å². The number of hydroxylamine groups is 1. The van der Waals surface area contributed by atoms with Gasteiger partial charge in [-0.05, 0) is 12.0 Å². The molecule has 0 saturated carbocycles. The van der Waals surface area contributed by atoms with Gasteiger partial charge in [-0.15, -0.1) is 11.3 Å². The summed E-state index contributed by atoms with van der Waals surface area (Å²) in [6.07, 6.45) is 1.57. The average Bonchev–Trinajstić information content (AvgIpc) is 3.17. The predicted octanol–water partition coefficient (Wildman–Crippen LogP) is 2.06. The normalized spacial score (nSPS) is 14.3. The third-order valence-corrected chi connectivity index (χ3v) is 4.37. The Bertz CT molecular complexity index is 687. The first kappa shape index (κ1) is 15.6. The number of carbonyl (C=O) groups is 2. The summed E-state index contributed by atoms with van der Waals surface area (Å²) < 4.78 is 0. The molecule has 1 N–H and O–H groups in total. The molecule has 0 spiro atoms. The number of hydrogen-bond donors (Lipinski definition) is 1. The van der Waals surface area contributed by atoms with Crippen LogP contribution in [0.25, 0.3) is 0 Å². The van der Waals surface area contributed by atoms with Crippen molar-refractivity contribution in [3.63, 3.8) is 0 Å². The van der Waals surface area contributed by atoms with Crippen molar-refractivity contribution in [2.45, 2.75) is 25.9 Å². The number of carbonyl (C=O) groups excluding carboxylic acids is 2. The summed E-state index contributed by atoms with van der Waals surface area (Å²) in [5.74, 6) is -0.160. The number of rotatable bonds is 6. The van der Waals surface area contributed by atoms with Crippen LogP contribution >= 0.6 is 11.3 Å². The molecule has 1 aromatic carbocycles. The van der Waals surface area contributed by atoms with Crippen LogP contribution in [0, 0.1) is 0 Å². The van der Waals surface area contributed by atoms with E-state index in [4.69, 9.17) is 4.84 Å². The first-order chi connectivity index (χ1) is 11.2. The Hall–Kier alpha value is -2.25. The Labute approximate surface area is 138 Å². The van der Waals surface area contributed by atoms with Crippen LogP contribution in [0.4, 0.5) is 5.13 Å². The van der Waals surface area contributed by atoms with E-state index >= 15 is 0 Å². The van der Waals surface area contributed by atoms with Crippen LogP contribution < -0.4 is 10.4 Å². The molecule has 0 atom stereocenters. The second-order valence-electron chi connectivity index (χ2n) is 5.25. The predicted molar refractivity (Wildman–Crippen MR) is 86.8 cm³/mol. The van der Waals surface area contributed by atoms with E-state index in [-0.39, 0.29) is 18.2 Å². The molecular weight excluding hydrogens is 314 g/mol. The molecular formula is C16H17N3O3S. The van der Waals surface area contributed by atoms with Crippen molar-refractivity contribution >= 4 is 28.3 Å². The number of nitrogens with zero attached hydrogens (tertiary/aromatic N) is 2. The van der Waals surface area contributed by atoms with E-state index in [0.717, 1.165) is 12.0 Å². The van der Waals surface area contributed by atoms with E-state index in [1.54, 1.807) is 10.3 Å². The molecule has 7 heteroatoms. The zero-order valence-electron chi connectivity index (χ0n) is 12.5. The van der Waals surface area contributed by atoms with Crippen molar-refractivity contribution in [3.05, 3.63) is 47.0 Å². The number of amides is 2. The van der Waals surface area contributed by atoms with Gasteiger partial charge in [0.15, 0.2) is 5.13 Å². The zero-order chi connectivity index (χ0) is 16.1. The second kappa shape index (κ2) is 7.34. The third-order valence-electron chi connectivity index (χ3n) is 3.45. The summed E-state index contributed by atoms with van der Waals surface area (Å²) in [6, 6.07) is 9.60. The molecule has 23 heavy (non-hydrogen) atoms. The largest absolute Gasteiger partial charge is 0.288 e. The van der Waals surface area contributed by atoms with Crippen molar-refractivity contribution in [2.24, 2.45) is 0 Å². The van der Waals surface area contributed by atoms with E-state index in [0.29, 0.717) is 30.4 Å². The fourth-order valence-corrected chi connectivity index (χ4v) is 3.19. The van der Waals surface area contributed by atoms with Crippen molar-refractivity contribution in [3.8, 4) is 0 Å². The molecule has 2 aromatic rings. The summed E-state index contributed by atoms with van der Waals surface area (Å²) in [5.41, 5.74) is 4.04. The van der Waals surface area contributed by atoms with E-state index in [9.17, 15) is 9.59 Å². The number of anilines is 1. The van der Waals surface area contributed by atoms with Crippen LogP contribution in [0.1, 0.15) is 24.1 Å². The maximum absolute atomic E-state index is 11.8. The minimum atomic E-state index is -0.259. The minimum absolute atomic E-state index is 0.0987. The lowest BCUT2D eigenvalue weighted by Gasteiger charge is -2.10. The van der Waals surface area contributed by atoms with Gasteiger partial charge in [0, 0.05) is 18.3 Å². The Morgan fingerprint density at radius 1 is 1.35 bits per heavy atom. The summed E-state index contributed by atoms with van der Waals surface area (Å²) in [4.78, 5) is 34.7. The van der Waals surface area contributed by atoms with E-state index in [1.165, 1.54) is 11.3 Å². The van der Waals surface area contributed by atoms with Crippen LogP contribution in [0.3, 0.4) is 0 Å². The van der Waals surface area contributed by atoms with Gasteiger partial charge in [0.1, 0.15) is 0 Å². The zero-order valence-corrected chi connectivity index (χ0v) is 13.3. The van der Waals surface area contributed by atoms with Gasteiger partial charge in [-0.2, -0.15) is 0 Å². The fraction of sp³-hybridized carbons (Fsp3) is 0.312. The number of benzene rings is 1. The highest BCUT2D eigenvalue weighted by Gasteiger charge is 2.24. The van der Waals surface area contributed by atoms with Crippen molar-refractivity contribution < 1.29 is 14.4 Å². The molecule has 1 aliphatic rings. The lowest BCUT2D eigenvalue weighted by molar-refractivity contribution is -0.133. The second-order valence-corrected chi connectivity index (χ2v) is 6.08. The minimum Gasteiger partial charge on any atom is -0.288 e. The molecule has 120 valence electrons. The average molecular weight is 331 g/mol. The maximum Gasteiger partial charge on any atom is 0.249 e. The Morgan fingerprint density at radius 3 is 2.91 bits per heavy atom. The lowest BCUT2D eigenvalue weighted by atomic mass is 10.2. The highest BCUT2D eigenvalue weighted by atomic mass is 32.1. The summed E-state index contributed by atoms with van der Waals surface area (Å²) >= 11 is 1.39. The van der Waals surface area contributed by atoms with Crippen molar-refractivity contribution in [2.75, 3.05) is 11.4 Å². The summed E-state index contributed by atoms with van der Waals surface area (Å²) in [6.45, 7) is 1.02. The molecule has 2 heterocycles. The van der Waals surface area contributed by atoms with Gasteiger partial charge >= 0.3 is 0 Å². The van der Waals surface area contributed by atoms with E-state index in [2.05, 4.69) is 10.5 Å². The first-order valence-electron chi connectivity index (χ1n) is 7.42. The topological polar surface area (TPSA) is 71.5 Å². The quantitative estimate of drug-likeness (QED) is 0.823. The van der Waals surface area contributed by atoms with Gasteiger partial charge in [0.2, 0.25) is 11.8 Å². The Balaban J connectivity index is 1.46. The molecule has 0 unspecified atom stereocenters. The number of nitrogens with one attached hydrogen (secondary N) is 1. The standard InChI is InChI=1S/C16H17N3O3S/c20-14(18-22-10-12-5-2-1-3-6-12)9-13-11-23-16(17-13)19-8-4-7-15(19)21/h1-3,5-6,11H,4,7-10H2,(H,18,20). The van der Waals surface area contributed by atoms with Crippen LogP contribution in [-0.2, 0) is 27.5 Å². The molecule has 6 nitrogen and oxygen atoms in total. The van der Waals surface area contributed by atoms with Gasteiger partial charge < -0.3 is 0 Å². The van der Waals surface area contributed by atoms with E-state index < -0.39 is 0 Å². The van der Waals surface area contributed by atoms with Gasteiger partial charge in [0.05, 0.1) is 18.7 Å². The van der Waals surface area contributed by atoms with Gasteiger partial charge in [0.25, 0.3) is 0 Å². The fourth-order valence-electron chi connectivity index (χ4n) is 2.33. The maximum atomic E-state index is 11.8. The van der Waals surface area contributed by atoms with Gasteiger partial charge in [-0.25, -0.2) is 10.5 Å². The van der Waals surface area contributed by atoms with Crippen LogP contribution in [0.2, 0.25) is 0 Å². The number of hydrogen-bond acceptors (Lipinski definition) is 5. The molecule has 3 rings (SSSR count). The highest BCUT2D eigenvalue weighted by Crippen LogP contribution is 2.25. The number of thiazole rings is 1. The molecule has 2 amide bonds. The SMILES string of the molecule is O=C(Cc1csc(N2CCCC2=O)n1)NOCc1ccccc1. The molecule has 1 fully saturated rings. The molecule has 0 radical (unpaired) electrons. The molecule has 1 aromatic heterocycles. The Morgan fingerprint density at radius 2 is 2.17 bits per heavy atom. The molecule has 1 aliphatic heterocycles. The van der Waals surface area contributed by atoms with Gasteiger partial charge in [-0.1, -0.05) is 30.3 Å². The van der Waals surface area contributed by atoms with Gasteiger partial charge in [-0.3, -0.25) is 19.3 Å². The third kappa shape index (κ3) is 4.14.